The molecule has 0 bridgehead atoms. The van der Waals surface area contributed by atoms with Crippen molar-refractivity contribution in [2.45, 2.75) is 78.7 Å². The van der Waals surface area contributed by atoms with E-state index in [1.807, 2.05) is 26.0 Å². The first kappa shape index (κ1) is 35.0. The van der Waals surface area contributed by atoms with Gasteiger partial charge in [0.15, 0.2) is 5.92 Å². The summed E-state index contributed by atoms with van der Waals surface area (Å²) >= 11 is 0. The van der Waals surface area contributed by atoms with Crippen LogP contribution in [0, 0.1) is 17.8 Å². The number of rotatable bonds is 15. The molecule has 0 radical (unpaired) electrons. The quantitative estimate of drug-likeness (QED) is 0.178. The molecule has 2 amide bonds. The third-order valence-electron chi connectivity index (χ3n) is 6.36. The van der Waals surface area contributed by atoms with E-state index in [1.54, 1.807) is 69.3 Å². The molecule has 2 N–H and O–H groups in total. The highest BCUT2D eigenvalue weighted by Gasteiger charge is 2.43. The van der Waals surface area contributed by atoms with Gasteiger partial charge in [0.25, 0.3) is 0 Å². The van der Waals surface area contributed by atoms with Gasteiger partial charge in [0, 0.05) is 13.5 Å². The topological polar surface area (TPSA) is 137 Å². The highest BCUT2D eigenvalue weighted by atomic mass is 16.6. The molecule has 0 aliphatic carbocycles. The van der Waals surface area contributed by atoms with Crippen molar-refractivity contribution < 1.29 is 38.2 Å². The predicted octanol–water partition coefficient (Wildman–Crippen LogP) is 4.10. The summed E-state index contributed by atoms with van der Waals surface area (Å²) in [5, 5.41) is 5.14. The molecule has 2 rings (SSSR count). The molecule has 0 aliphatic heterocycles. The van der Waals surface area contributed by atoms with Gasteiger partial charge >= 0.3 is 17.9 Å². The van der Waals surface area contributed by atoms with Gasteiger partial charge in [-0.05, 0) is 50.7 Å². The molecule has 2 atom stereocenters. The van der Waals surface area contributed by atoms with Crippen molar-refractivity contribution in [3.8, 4) is 0 Å². The molecule has 43 heavy (non-hydrogen) atoms. The van der Waals surface area contributed by atoms with Crippen LogP contribution in [0.5, 0.6) is 0 Å². The summed E-state index contributed by atoms with van der Waals surface area (Å²) in [4.78, 5) is 65.7. The minimum atomic E-state index is -1.59. The average molecular weight is 597 g/mol. The van der Waals surface area contributed by atoms with Crippen LogP contribution in [0.25, 0.3) is 0 Å². The van der Waals surface area contributed by atoms with Crippen LogP contribution in [0.15, 0.2) is 60.7 Å². The molecule has 0 aromatic heterocycles. The minimum absolute atomic E-state index is 0.0453. The van der Waals surface area contributed by atoms with E-state index in [0.717, 1.165) is 0 Å². The van der Waals surface area contributed by atoms with Gasteiger partial charge in [0.05, 0.1) is 5.92 Å². The van der Waals surface area contributed by atoms with E-state index < -0.39 is 53.2 Å². The van der Waals surface area contributed by atoms with Gasteiger partial charge in [0.2, 0.25) is 11.8 Å². The van der Waals surface area contributed by atoms with E-state index in [0.29, 0.717) is 11.1 Å². The van der Waals surface area contributed by atoms with E-state index in [-0.39, 0.29) is 38.4 Å². The van der Waals surface area contributed by atoms with Crippen LogP contribution < -0.4 is 10.6 Å². The molecular weight excluding hydrogens is 552 g/mol. The van der Waals surface area contributed by atoms with Crippen LogP contribution in [0.4, 0.5) is 0 Å². The Labute approximate surface area is 253 Å². The van der Waals surface area contributed by atoms with Crippen molar-refractivity contribution in [1.29, 1.82) is 0 Å². The fourth-order valence-electron chi connectivity index (χ4n) is 4.34. The van der Waals surface area contributed by atoms with Crippen molar-refractivity contribution in [2.24, 2.45) is 17.8 Å². The van der Waals surface area contributed by atoms with Gasteiger partial charge in [-0.3, -0.25) is 24.0 Å². The Hall–Kier alpha value is -4.21. The first-order valence-electron chi connectivity index (χ1n) is 14.5. The molecule has 0 saturated heterocycles. The number of hydrogen-bond donors (Lipinski definition) is 2. The van der Waals surface area contributed by atoms with Crippen LogP contribution in [0.1, 0.15) is 65.0 Å². The normalized spacial score (nSPS) is 12.7. The highest BCUT2D eigenvalue weighted by Crippen LogP contribution is 2.26. The highest BCUT2D eigenvalue weighted by molar-refractivity contribution is 6.01. The Kier molecular flexibility index (Phi) is 13.9. The van der Waals surface area contributed by atoms with Crippen molar-refractivity contribution in [3.05, 3.63) is 71.8 Å². The van der Waals surface area contributed by atoms with E-state index in [2.05, 4.69) is 10.6 Å². The lowest BCUT2D eigenvalue weighted by Crippen LogP contribution is -2.51. The number of carbonyl (C=O) groups excluding carboxylic acids is 5. The smallest absolute Gasteiger partial charge is 0.321 e. The zero-order valence-electron chi connectivity index (χ0n) is 25.9. The van der Waals surface area contributed by atoms with Crippen molar-refractivity contribution in [2.75, 3.05) is 7.05 Å². The molecule has 234 valence electrons. The lowest BCUT2D eigenvalue weighted by molar-refractivity contribution is -0.169. The van der Waals surface area contributed by atoms with Crippen molar-refractivity contribution >= 4 is 29.7 Å². The van der Waals surface area contributed by atoms with Crippen LogP contribution in [0.3, 0.4) is 0 Å². The summed E-state index contributed by atoms with van der Waals surface area (Å²) < 4.78 is 16.4. The number of carbonyl (C=O) groups is 5. The zero-order chi connectivity index (χ0) is 32.0. The third kappa shape index (κ3) is 12.7. The fraction of sp³-hybridized carbons (Fsp3) is 0.485. The number of amides is 2. The molecule has 10 heteroatoms. The second-order valence-corrected chi connectivity index (χ2v) is 11.7. The molecular formula is C33H44N2O8. The Morgan fingerprint density at radius 1 is 0.767 bits per heavy atom. The van der Waals surface area contributed by atoms with Crippen molar-refractivity contribution in [3.63, 3.8) is 0 Å². The standard InChI is InChI=1S/C33H44N2O8/c1-22(2)19-25(29(37)35-26(30(38)34-6)17-18-27(36)43-33(3,4)5)28(31(39)41-20-23-13-9-7-10-14-23)32(40)42-21-24-15-11-8-12-16-24/h7-16,22,25-26,28H,17-21H2,1-6H3,(H,34,38)(H,35,37)/t25-,26+/m1/s1. The number of ether oxygens (including phenoxy) is 3. The van der Waals surface area contributed by atoms with Crippen molar-refractivity contribution in [1.82, 2.24) is 10.6 Å². The zero-order valence-corrected chi connectivity index (χ0v) is 25.9. The number of esters is 3. The molecule has 0 saturated carbocycles. The summed E-state index contributed by atoms with van der Waals surface area (Å²) in [6, 6.07) is 16.8. The van der Waals surface area contributed by atoms with Gasteiger partial charge in [-0.1, -0.05) is 74.5 Å². The number of benzene rings is 2. The van der Waals surface area contributed by atoms with E-state index in [9.17, 15) is 24.0 Å². The first-order chi connectivity index (χ1) is 20.3. The predicted molar refractivity (Wildman–Crippen MR) is 160 cm³/mol. The number of nitrogens with one attached hydrogen (secondary N) is 2. The maximum Gasteiger partial charge on any atom is 0.321 e. The monoisotopic (exact) mass is 596 g/mol. The summed E-state index contributed by atoms with van der Waals surface area (Å²) in [7, 11) is 1.41. The molecule has 10 nitrogen and oxygen atoms in total. The number of hydrogen-bond acceptors (Lipinski definition) is 8. The van der Waals surface area contributed by atoms with Gasteiger partial charge in [-0.25, -0.2) is 0 Å². The summed E-state index contributed by atoms with van der Waals surface area (Å²) in [6.45, 7) is 8.68. The maximum absolute atomic E-state index is 13.8. The van der Waals surface area contributed by atoms with E-state index >= 15 is 0 Å². The van der Waals surface area contributed by atoms with Crippen LogP contribution >= 0.6 is 0 Å². The minimum Gasteiger partial charge on any atom is -0.460 e. The lowest BCUT2D eigenvalue weighted by Gasteiger charge is -2.27. The van der Waals surface area contributed by atoms with Gasteiger partial charge < -0.3 is 24.8 Å². The molecule has 0 unspecified atom stereocenters. The second kappa shape index (κ2) is 17.0. The lowest BCUT2D eigenvalue weighted by atomic mass is 9.84. The summed E-state index contributed by atoms with van der Waals surface area (Å²) in [5.41, 5.74) is 0.705. The Balaban J connectivity index is 2.32. The fourth-order valence-corrected chi connectivity index (χ4v) is 4.34. The Morgan fingerprint density at radius 2 is 1.26 bits per heavy atom. The molecule has 0 spiro atoms. The molecule has 0 fully saturated rings. The van der Waals surface area contributed by atoms with Crippen LogP contribution in [0.2, 0.25) is 0 Å². The molecule has 2 aromatic rings. The molecule has 0 heterocycles. The van der Waals surface area contributed by atoms with E-state index in [4.69, 9.17) is 14.2 Å². The summed E-state index contributed by atoms with van der Waals surface area (Å²) in [6.07, 6.45) is -0.0493. The first-order valence-corrected chi connectivity index (χ1v) is 14.5. The SMILES string of the molecule is CNC(=O)[C@H](CCC(=O)OC(C)(C)C)NC(=O)[C@H](CC(C)C)C(C(=O)OCc1ccccc1)C(=O)OCc1ccccc1. The number of likely N-dealkylation sites (N-methyl/N-ethyl adjacent to an activating group) is 1. The van der Waals surface area contributed by atoms with Crippen LogP contribution in [-0.2, 0) is 51.4 Å². The van der Waals surface area contributed by atoms with Gasteiger partial charge in [0.1, 0.15) is 24.9 Å². The Bertz CT molecular complexity index is 1150. The van der Waals surface area contributed by atoms with Gasteiger partial charge in [-0.15, -0.1) is 0 Å². The average Bonchev–Trinajstić information content (AvgIpc) is 2.96. The van der Waals surface area contributed by atoms with Crippen LogP contribution in [-0.4, -0.2) is 48.4 Å². The van der Waals surface area contributed by atoms with E-state index in [1.165, 1.54) is 7.05 Å². The van der Waals surface area contributed by atoms with Gasteiger partial charge in [-0.2, -0.15) is 0 Å². The molecule has 0 aliphatic rings. The third-order valence-corrected chi connectivity index (χ3v) is 6.36. The Morgan fingerprint density at radius 3 is 1.67 bits per heavy atom. The second-order valence-electron chi connectivity index (χ2n) is 11.7. The largest absolute Gasteiger partial charge is 0.460 e. The maximum atomic E-state index is 13.8. The molecule has 2 aromatic carbocycles. The summed E-state index contributed by atoms with van der Waals surface area (Å²) in [5.74, 6) is -6.49.